The molecule has 1 aliphatic rings. The Morgan fingerprint density at radius 2 is 1.53 bits per heavy atom. The number of hydrogen-bond donors (Lipinski definition) is 0. The average molecular weight is 422 g/mol. The fraction of sp³-hybridized carbons (Fsp3) is 0.231. The topological polar surface area (TPSA) is 57.4 Å². The van der Waals surface area contributed by atoms with Gasteiger partial charge in [-0.2, -0.15) is 0 Å². The van der Waals surface area contributed by atoms with Crippen molar-refractivity contribution < 1.29 is 13.7 Å². The quantitative estimate of drug-likeness (QED) is 0.352. The Hall–Kier alpha value is -3.22. The molecule has 0 N–H and O–H groups in total. The number of benzene rings is 3. The largest absolute Gasteiger partial charge is 0.494 e. The third kappa shape index (κ3) is 2.87. The molecule has 0 aliphatic carbocycles. The molecule has 0 bridgehead atoms. The van der Waals surface area contributed by atoms with E-state index in [1.807, 2.05) is 48.7 Å². The van der Waals surface area contributed by atoms with Crippen molar-refractivity contribution in [1.82, 2.24) is 9.97 Å². The molecule has 3 aromatic carbocycles. The van der Waals surface area contributed by atoms with Crippen LogP contribution in [0, 0.1) is 0 Å². The summed E-state index contributed by atoms with van der Waals surface area (Å²) in [5, 5.41) is 3.29. The highest BCUT2D eigenvalue weighted by molar-refractivity contribution is 6.62. The van der Waals surface area contributed by atoms with Gasteiger partial charge in [0.25, 0.3) is 0 Å². The first kappa shape index (κ1) is 19.5. The van der Waals surface area contributed by atoms with Crippen molar-refractivity contribution in [2.45, 2.75) is 38.9 Å². The molecule has 1 fully saturated rings. The molecular formula is C26H23BN2O3. The van der Waals surface area contributed by atoms with Crippen LogP contribution in [0.25, 0.3) is 44.2 Å². The SMILES string of the molecule is CC1(C)OB(c2ccc(-c3cnc4c(n3)oc3ccc5ccccc5c34)cc2)OC1(C)C. The summed E-state index contributed by atoms with van der Waals surface area (Å²) >= 11 is 0. The van der Waals surface area contributed by atoms with E-state index in [4.69, 9.17) is 23.7 Å². The van der Waals surface area contributed by atoms with Crippen LogP contribution in [-0.4, -0.2) is 28.3 Å². The lowest BCUT2D eigenvalue weighted by Gasteiger charge is -2.32. The van der Waals surface area contributed by atoms with Crippen LogP contribution in [-0.2, 0) is 9.31 Å². The van der Waals surface area contributed by atoms with Gasteiger partial charge >= 0.3 is 7.12 Å². The molecule has 0 spiro atoms. The van der Waals surface area contributed by atoms with Crippen LogP contribution < -0.4 is 5.46 Å². The van der Waals surface area contributed by atoms with Crippen molar-refractivity contribution in [3.63, 3.8) is 0 Å². The normalized spacial score (nSPS) is 17.6. The van der Waals surface area contributed by atoms with Crippen molar-refractivity contribution in [2.24, 2.45) is 0 Å². The fourth-order valence-corrected chi connectivity index (χ4v) is 4.23. The minimum atomic E-state index is -0.383. The Kier molecular flexibility index (Phi) is 4.04. The summed E-state index contributed by atoms with van der Waals surface area (Å²) in [6.45, 7) is 8.23. The van der Waals surface area contributed by atoms with E-state index in [0.717, 1.165) is 44.0 Å². The first-order valence-electron chi connectivity index (χ1n) is 10.9. The van der Waals surface area contributed by atoms with Crippen LogP contribution in [0.5, 0.6) is 0 Å². The van der Waals surface area contributed by atoms with Crippen molar-refractivity contribution in [3.05, 3.63) is 66.9 Å². The van der Waals surface area contributed by atoms with Crippen molar-refractivity contribution in [2.75, 3.05) is 0 Å². The van der Waals surface area contributed by atoms with E-state index in [-0.39, 0.29) is 18.3 Å². The van der Waals surface area contributed by atoms with E-state index in [1.165, 1.54) is 0 Å². The molecule has 1 saturated heterocycles. The number of fused-ring (bicyclic) bond motifs is 5. The van der Waals surface area contributed by atoms with Gasteiger partial charge in [0.05, 0.1) is 28.5 Å². The number of furan rings is 1. The van der Waals surface area contributed by atoms with Gasteiger partial charge in [-0.05, 0) is 50.0 Å². The van der Waals surface area contributed by atoms with Crippen molar-refractivity contribution in [3.8, 4) is 11.3 Å². The smallest absolute Gasteiger partial charge is 0.436 e. The maximum Gasteiger partial charge on any atom is 0.494 e. The lowest BCUT2D eigenvalue weighted by Crippen LogP contribution is -2.41. The molecule has 1 aliphatic heterocycles. The molecule has 6 heteroatoms. The van der Waals surface area contributed by atoms with Gasteiger partial charge in [-0.25, -0.2) is 9.97 Å². The van der Waals surface area contributed by atoms with Gasteiger partial charge in [0, 0.05) is 5.56 Å². The number of nitrogens with zero attached hydrogens (tertiary/aromatic N) is 2. The predicted octanol–water partition coefficient (Wildman–Crippen LogP) is 5.50. The Morgan fingerprint density at radius 3 is 2.28 bits per heavy atom. The van der Waals surface area contributed by atoms with Gasteiger partial charge in [-0.15, -0.1) is 0 Å². The lowest BCUT2D eigenvalue weighted by atomic mass is 9.79. The number of hydrogen-bond acceptors (Lipinski definition) is 5. The molecule has 3 heterocycles. The highest BCUT2D eigenvalue weighted by Crippen LogP contribution is 2.37. The molecule has 158 valence electrons. The molecule has 0 saturated carbocycles. The highest BCUT2D eigenvalue weighted by Gasteiger charge is 2.51. The standard InChI is InChI=1S/C26H23BN2O3/c1-25(2)26(3,4)32-27(31-25)18-12-9-17(10-13-18)20-15-28-23-22-19-8-6-5-7-16(19)11-14-21(22)30-24(23)29-20/h5-15H,1-4H3. The fourth-order valence-electron chi connectivity index (χ4n) is 4.23. The van der Waals surface area contributed by atoms with Crippen LogP contribution in [0.15, 0.2) is 71.3 Å². The van der Waals surface area contributed by atoms with E-state index in [2.05, 4.69) is 45.9 Å². The summed E-state index contributed by atoms with van der Waals surface area (Å²) in [5.74, 6) is 0. The average Bonchev–Trinajstić information content (AvgIpc) is 3.26. The molecular weight excluding hydrogens is 399 g/mol. The van der Waals surface area contributed by atoms with E-state index >= 15 is 0 Å². The summed E-state index contributed by atoms with van der Waals surface area (Å²) in [7, 11) is -0.383. The zero-order valence-corrected chi connectivity index (χ0v) is 18.5. The molecule has 0 unspecified atom stereocenters. The van der Waals surface area contributed by atoms with Gasteiger partial charge < -0.3 is 13.7 Å². The second-order valence-electron chi connectivity index (χ2n) is 9.38. The lowest BCUT2D eigenvalue weighted by molar-refractivity contribution is 0.00578. The Morgan fingerprint density at radius 1 is 0.812 bits per heavy atom. The van der Waals surface area contributed by atoms with Crippen molar-refractivity contribution in [1.29, 1.82) is 0 Å². The summed E-state index contributed by atoms with van der Waals surface area (Å²) in [6.07, 6.45) is 1.81. The van der Waals surface area contributed by atoms with Crippen LogP contribution in [0.2, 0.25) is 0 Å². The molecule has 0 amide bonds. The van der Waals surface area contributed by atoms with Crippen molar-refractivity contribution >= 4 is 45.6 Å². The van der Waals surface area contributed by atoms with Gasteiger partial charge in [-0.1, -0.05) is 54.6 Å². The highest BCUT2D eigenvalue weighted by atomic mass is 16.7. The van der Waals surface area contributed by atoms with Crippen LogP contribution in [0.3, 0.4) is 0 Å². The van der Waals surface area contributed by atoms with E-state index in [1.54, 1.807) is 0 Å². The molecule has 5 aromatic rings. The Bertz CT molecular complexity index is 1470. The first-order valence-corrected chi connectivity index (χ1v) is 10.9. The summed E-state index contributed by atoms with van der Waals surface area (Å²) in [4.78, 5) is 9.50. The second-order valence-corrected chi connectivity index (χ2v) is 9.38. The van der Waals surface area contributed by atoms with E-state index < -0.39 is 0 Å². The molecule has 32 heavy (non-hydrogen) atoms. The number of aromatic nitrogens is 2. The first-order chi connectivity index (χ1) is 15.3. The van der Waals surface area contributed by atoms with E-state index in [0.29, 0.717) is 5.71 Å². The third-order valence-electron chi connectivity index (χ3n) is 6.81. The molecule has 2 aromatic heterocycles. The summed E-state index contributed by atoms with van der Waals surface area (Å²) in [6, 6.07) is 20.4. The summed E-state index contributed by atoms with van der Waals surface area (Å²) < 4.78 is 18.4. The van der Waals surface area contributed by atoms with E-state index in [9.17, 15) is 0 Å². The Labute approximate surface area is 186 Å². The van der Waals surface area contributed by atoms with Crippen LogP contribution >= 0.6 is 0 Å². The third-order valence-corrected chi connectivity index (χ3v) is 6.81. The Balaban J connectivity index is 1.37. The van der Waals surface area contributed by atoms with Gasteiger partial charge in [0.1, 0.15) is 11.1 Å². The molecule has 5 nitrogen and oxygen atoms in total. The maximum atomic E-state index is 6.16. The maximum absolute atomic E-state index is 6.16. The summed E-state index contributed by atoms with van der Waals surface area (Å²) in [5.41, 5.74) is 4.12. The van der Waals surface area contributed by atoms with Crippen LogP contribution in [0.4, 0.5) is 0 Å². The van der Waals surface area contributed by atoms with Crippen LogP contribution in [0.1, 0.15) is 27.7 Å². The van der Waals surface area contributed by atoms with Gasteiger partial charge in [-0.3, -0.25) is 0 Å². The van der Waals surface area contributed by atoms with Gasteiger partial charge in [0.15, 0.2) is 0 Å². The molecule has 0 atom stereocenters. The zero-order valence-electron chi connectivity index (χ0n) is 18.5. The monoisotopic (exact) mass is 422 g/mol. The predicted molar refractivity (Wildman–Crippen MR) is 128 cm³/mol. The zero-order chi connectivity index (χ0) is 22.1. The number of rotatable bonds is 2. The minimum Gasteiger partial charge on any atom is -0.436 e. The van der Waals surface area contributed by atoms with Gasteiger partial charge in [0.2, 0.25) is 5.71 Å². The molecule has 6 rings (SSSR count). The second kappa shape index (κ2) is 6.64. The molecule has 0 radical (unpaired) electrons. The minimum absolute atomic E-state index is 0.363.